The number of benzene rings is 1. The number of carbonyl (C=O) groups excluding carboxylic acids is 2. The second-order valence-corrected chi connectivity index (χ2v) is 5.56. The van der Waals surface area contributed by atoms with Gasteiger partial charge in [-0.2, -0.15) is 0 Å². The van der Waals surface area contributed by atoms with Gasteiger partial charge in [0.2, 0.25) is 0 Å². The third-order valence-corrected chi connectivity index (χ3v) is 3.72. The van der Waals surface area contributed by atoms with Crippen LogP contribution >= 0.6 is 0 Å². The van der Waals surface area contributed by atoms with E-state index in [9.17, 15) is 9.59 Å². The fraction of sp³-hybridized carbons (Fsp3) is 0.0556. The molecule has 0 bridgehead atoms. The number of rotatable bonds is 7. The Labute approximate surface area is 165 Å². The molecule has 2 heterocycles. The van der Waals surface area contributed by atoms with Gasteiger partial charge >= 0.3 is 0 Å². The highest BCUT2D eigenvalue weighted by Gasteiger charge is 2.14. The van der Waals surface area contributed by atoms with Crippen LogP contribution in [0.1, 0.15) is 20.8 Å². The third kappa shape index (κ3) is 4.66. The van der Waals surface area contributed by atoms with E-state index < -0.39 is 11.8 Å². The Morgan fingerprint density at radius 3 is 2.21 bits per heavy atom. The number of nitrogens with one attached hydrogen (secondary N) is 4. The second-order valence-electron chi connectivity index (χ2n) is 5.56. The molecular formula is C18H18N8O3. The van der Waals surface area contributed by atoms with Gasteiger partial charge in [-0.1, -0.05) is 18.2 Å². The Bertz CT molecular complexity index is 1010. The number of pyridine rings is 1. The van der Waals surface area contributed by atoms with E-state index in [2.05, 4.69) is 36.7 Å². The first-order valence-electron chi connectivity index (χ1n) is 8.37. The van der Waals surface area contributed by atoms with Crippen molar-refractivity contribution in [2.24, 2.45) is 0 Å². The van der Waals surface area contributed by atoms with E-state index in [1.165, 1.54) is 19.6 Å². The number of carbonyl (C=O) groups is 2. The smallest absolute Gasteiger partial charge is 0.288 e. The Hall–Kier alpha value is -4.41. The van der Waals surface area contributed by atoms with Crippen molar-refractivity contribution in [3.05, 3.63) is 66.2 Å². The first-order chi connectivity index (χ1) is 14.1. The van der Waals surface area contributed by atoms with Crippen LogP contribution in [0.4, 0.5) is 17.3 Å². The van der Waals surface area contributed by atoms with Crippen molar-refractivity contribution in [3.8, 4) is 5.75 Å². The molecular weight excluding hydrogens is 376 g/mol. The molecule has 1 aromatic carbocycles. The monoisotopic (exact) mass is 394 g/mol. The van der Waals surface area contributed by atoms with Crippen molar-refractivity contribution < 1.29 is 14.3 Å². The maximum atomic E-state index is 12.3. The van der Waals surface area contributed by atoms with Gasteiger partial charge in [-0.25, -0.2) is 9.97 Å². The van der Waals surface area contributed by atoms with Crippen LogP contribution in [-0.4, -0.2) is 33.9 Å². The minimum Gasteiger partial charge on any atom is -0.496 e. The highest BCUT2D eigenvalue weighted by molar-refractivity contribution is 5.98. The number of amides is 2. The average molecular weight is 394 g/mol. The summed E-state index contributed by atoms with van der Waals surface area (Å²) >= 11 is 0. The molecule has 148 valence electrons. The Morgan fingerprint density at radius 2 is 1.55 bits per heavy atom. The molecule has 0 atom stereocenters. The fourth-order valence-corrected chi connectivity index (χ4v) is 2.29. The molecule has 0 unspecified atom stereocenters. The van der Waals surface area contributed by atoms with Crippen LogP contribution in [0.3, 0.4) is 0 Å². The van der Waals surface area contributed by atoms with Crippen LogP contribution in [-0.2, 0) is 0 Å². The largest absolute Gasteiger partial charge is 0.496 e. The molecule has 0 fully saturated rings. The minimum absolute atomic E-state index is 0.0779. The van der Waals surface area contributed by atoms with E-state index in [0.29, 0.717) is 11.3 Å². The van der Waals surface area contributed by atoms with Gasteiger partial charge in [-0.05, 0) is 24.3 Å². The number of hydrazine groups is 2. The number of hydrogen-bond acceptors (Lipinski definition) is 9. The zero-order valence-corrected chi connectivity index (χ0v) is 15.3. The van der Waals surface area contributed by atoms with Crippen molar-refractivity contribution in [2.45, 2.75) is 0 Å². The van der Waals surface area contributed by atoms with Crippen LogP contribution in [0.5, 0.6) is 5.75 Å². The number of anilines is 3. The minimum atomic E-state index is -0.470. The summed E-state index contributed by atoms with van der Waals surface area (Å²) in [5.74, 6) is -0.223. The van der Waals surface area contributed by atoms with Gasteiger partial charge in [0.25, 0.3) is 11.8 Å². The highest BCUT2D eigenvalue weighted by atomic mass is 16.5. The van der Waals surface area contributed by atoms with Crippen molar-refractivity contribution in [1.82, 2.24) is 25.8 Å². The molecule has 11 heteroatoms. The number of para-hydroxylation sites is 1. The molecule has 6 N–H and O–H groups in total. The lowest BCUT2D eigenvalue weighted by atomic mass is 10.2. The van der Waals surface area contributed by atoms with Gasteiger partial charge in [-0.3, -0.25) is 36.3 Å². The zero-order valence-electron chi connectivity index (χ0n) is 15.3. The standard InChI is InChI=1S/C18H18N8O3/c1-29-13-8-3-2-6-11(13)17(27)25-23-15-14(19)16(22-10-21-15)24-26-18(28)12-7-4-5-9-20-12/h2-10H,19H2,1H3,(H,25,27)(H,26,28)(H2,21,22,23,24). The quantitative estimate of drug-likeness (QED) is 0.368. The van der Waals surface area contributed by atoms with E-state index in [0.717, 1.165) is 0 Å². The molecule has 0 aliphatic rings. The number of nitrogens with two attached hydrogens (primary N) is 1. The first-order valence-corrected chi connectivity index (χ1v) is 8.37. The van der Waals surface area contributed by atoms with E-state index in [4.69, 9.17) is 10.5 Å². The normalized spacial score (nSPS) is 9.97. The molecule has 2 aromatic heterocycles. The van der Waals surface area contributed by atoms with E-state index in [-0.39, 0.29) is 23.0 Å². The van der Waals surface area contributed by atoms with Gasteiger partial charge in [0, 0.05) is 6.20 Å². The maximum Gasteiger partial charge on any atom is 0.288 e. The van der Waals surface area contributed by atoms with Gasteiger partial charge in [0.15, 0.2) is 11.6 Å². The average Bonchev–Trinajstić information content (AvgIpc) is 2.77. The molecule has 0 radical (unpaired) electrons. The highest BCUT2D eigenvalue weighted by Crippen LogP contribution is 2.21. The predicted octanol–water partition coefficient (Wildman–Crippen LogP) is 0.976. The number of nitrogens with zero attached hydrogens (tertiary/aromatic N) is 3. The van der Waals surface area contributed by atoms with Crippen molar-refractivity contribution in [3.63, 3.8) is 0 Å². The molecule has 0 saturated carbocycles. The zero-order chi connectivity index (χ0) is 20.6. The van der Waals surface area contributed by atoms with E-state index in [1.807, 2.05) is 0 Å². The summed E-state index contributed by atoms with van der Waals surface area (Å²) < 4.78 is 5.16. The van der Waals surface area contributed by atoms with Gasteiger partial charge < -0.3 is 10.5 Å². The number of nitrogen functional groups attached to an aromatic ring is 1. The van der Waals surface area contributed by atoms with Crippen LogP contribution in [0.25, 0.3) is 0 Å². The number of hydrogen-bond donors (Lipinski definition) is 5. The lowest BCUT2D eigenvalue weighted by molar-refractivity contribution is 0.0950. The van der Waals surface area contributed by atoms with Crippen LogP contribution < -0.4 is 32.2 Å². The molecule has 11 nitrogen and oxygen atoms in total. The van der Waals surface area contributed by atoms with Crippen molar-refractivity contribution in [1.29, 1.82) is 0 Å². The summed E-state index contributed by atoms with van der Waals surface area (Å²) in [7, 11) is 1.47. The number of ether oxygens (including phenoxy) is 1. The SMILES string of the molecule is COc1ccccc1C(=O)NNc1ncnc(NNC(=O)c2ccccn2)c1N. The summed E-state index contributed by atoms with van der Waals surface area (Å²) in [4.78, 5) is 36.3. The molecule has 0 aliphatic carbocycles. The summed E-state index contributed by atoms with van der Waals surface area (Å²) in [6, 6.07) is 11.7. The summed E-state index contributed by atoms with van der Waals surface area (Å²) in [6.45, 7) is 0. The lowest BCUT2D eigenvalue weighted by Crippen LogP contribution is -2.32. The second kappa shape index (κ2) is 8.99. The summed E-state index contributed by atoms with van der Waals surface area (Å²) in [5.41, 5.74) is 16.8. The molecule has 0 saturated heterocycles. The predicted molar refractivity (Wildman–Crippen MR) is 106 cm³/mol. The summed E-state index contributed by atoms with van der Waals surface area (Å²) in [5, 5.41) is 0. The lowest BCUT2D eigenvalue weighted by Gasteiger charge is -2.14. The van der Waals surface area contributed by atoms with Crippen LogP contribution in [0.15, 0.2) is 55.0 Å². The molecule has 0 aliphatic heterocycles. The molecule has 0 spiro atoms. The first kappa shape index (κ1) is 19.4. The Balaban J connectivity index is 1.64. The summed E-state index contributed by atoms with van der Waals surface area (Å²) in [6.07, 6.45) is 2.71. The molecule has 3 rings (SSSR count). The third-order valence-electron chi connectivity index (χ3n) is 3.72. The van der Waals surface area contributed by atoms with E-state index >= 15 is 0 Å². The van der Waals surface area contributed by atoms with Gasteiger partial charge in [0.1, 0.15) is 23.5 Å². The van der Waals surface area contributed by atoms with Gasteiger partial charge in [0.05, 0.1) is 12.7 Å². The molecule has 2 amide bonds. The van der Waals surface area contributed by atoms with E-state index in [1.54, 1.807) is 42.5 Å². The topological polar surface area (TPSA) is 156 Å². The maximum absolute atomic E-state index is 12.3. The fourth-order valence-electron chi connectivity index (χ4n) is 2.29. The van der Waals surface area contributed by atoms with Crippen LogP contribution in [0.2, 0.25) is 0 Å². The molecule has 3 aromatic rings. The van der Waals surface area contributed by atoms with Crippen molar-refractivity contribution >= 4 is 29.1 Å². The van der Waals surface area contributed by atoms with Crippen molar-refractivity contribution in [2.75, 3.05) is 23.7 Å². The van der Waals surface area contributed by atoms with Crippen LogP contribution in [0, 0.1) is 0 Å². The Morgan fingerprint density at radius 1 is 0.897 bits per heavy atom. The van der Waals surface area contributed by atoms with Gasteiger partial charge in [-0.15, -0.1) is 0 Å². The number of methoxy groups -OCH3 is 1. The number of aromatic nitrogens is 3. The Kier molecular flexibility index (Phi) is 6.00. The molecule has 29 heavy (non-hydrogen) atoms.